The van der Waals surface area contributed by atoms with E-state index in [-0.39, 0.29) is 18.9 Å². The van der Waals surface area contributed by atoms with E-state index < -0.39 is 0 Å². The van der Waals surface area contributed by atoms with Crippen LogP contribution in [0.3, 0.4) is 0 Å². The first-order valence-corrected chi connectivity index (χ1v) is 9.83. The molecule has 0 radical (unpaired) electrons. The van der Waals surface area contributed by atoms with Gasteiger partial charge in [-0.2, -0.15) is 0 Å². The van der Waals surface area contributed by atoms with Gasteiger partial charge in [0.2, 0.25) is 6.79 Å². The van der Waals surface area contributed by atoms with Gasteiger partial charge < -0.3 is 20.1 Å². The SMILES string of the molecule is CCN(CC)Cc1ccccc1CNC(=O)NC(C)c1ccc2c(c1)OCO2. The molecule has 0 saturated carbocycles. The van der Waals surface area contributed by atoms with Crippen LogP contribution in [0, 0.1) is 0 Å². The summed E-state index contributed by atoms with van der Waals surface area (Å²) >= 11 is 0. The highest BCUT2D eigenvalue weighted by atomic mass is 16.7. The lowest BCUT2D eigenvalue weighted by Gasteiger charge is -2.20. The van der Waals surface area contributed by atoms with Crippen molar-refractivity contribution < 1.29 is 14.3 Å². The summed E-state index contributed by atoms with van der Waals surface area (Å²) in [5.41, 5.74) is 3.36. The maximum absolute atomic E-state index is 12.4. The molecule has 150 valence electrons. The van der Waals surface area contributed by atoms with Crippen molar-refractivity contribution in [2.75, 3.05) is 19.9 Å². The number of nitrogens with zero attached hydrogens (tertiary/aromatic N) is 1. The molecule has 28 heavy (non-hydrogen) atoms. The zero-order chi connectivity index (χ0) is 19.9. The number of carbonyl (C=O) groups is 1. The molecule has 1 unspecified atom stereocenters. The van der Waals surface area contributed by atoms with E-state index in [0.717, 1.165) is 42.3 Å². The molecule has 0 aliphatic carbocycles. The third kappa shape index (κ3) is 4.95. The fourth-order valence-electron chi connectivity index (χ4n) is 3.26. The lowest BCUT2D eigenvalue weighted by Crippen LogP contribution is -2.37. The van der Waals surface area contributed by atoms with Gasteiger partial charge in [-0.15, -0.1) is 0 Å². The Balaban J connectivity index is 1.56. The first-order valence-electron chi connectivity index (χ1n) is 9.83. The van der Waals surface area contributed by atoms with E-state index in [0.29, 0.717) is 6.54 Å². The molecule has 0 fully saturated rings. The molecular formula is C22H29N3O3. The number of ether oxygens (including phenoxy) is 2. The average Bonchev–Trinajstić information content (AvgIpc) is 3.19. The molecule has 1 atom stereocenters. The number of carbonyl (C=O) groups excluding carboxylic acids is 1. The van der Waals surface area contributed by atoms with Gasteiger partial charge in [-0.25, -0.2) is 4.79 Å². The zero-order valence-electron chi connectivity index (χ0n) is 16.8. The number of rotatable bonds is 8. The van der Waals surface area contributed by atoms with Gasteiger partial charge in [-0.05, 0) is 48.8 Å². The number of amides is 2. The largest absolute Gasteiger partial charge is 0.454 e. The number of hydrogen-bond donors (Lipinski definition) is 2. The molecule has 2 aromatic rings. The monoisotopic (exact) mass is 383 g/mol. The van der Waals surface area contributed by atoms with Gasteiger partial charge in [0.1, 0.15) is 0 Å². The molecule has 2 aromatic carbocycles. The van der Waals surface area contributed by atoms with Gasteiger partial charge in [0.25, 0.3) is 0 Å². The number of nitrogens with one attached hydrogen (secondary N) is 2. The van der Waals surface area contributed by atoms with Crippen molar-refractivity contribution >= 4 is 6.03 Å². The smallest absolute Gasteiger partial charge is 0.315 e. The predicted molar refractivity (Wildman–Crippen MR) is 109 cm³/mol. The van der Waals surface area contributed by atoms with E-state index in [9.17, 15) is 4.79 Å². The van der Waals surface area contributed by atoms with Crippen LogP contribution in [-0.2, 0) is 13.1 Å². The highest BCUT2D eigenvalue weighted by molar-refractivity contribution is 5.74. The summed E-state index contributed by atoms with van der Waals surface area (Å²) in [6.45, 7) is 9.92. The molecule has 1 aliphatic heterocycles. The minimum atomic E-state index is -0.192. The Kier molecular flexibility index (Phi) is 6.76. The molecule has 0 saturated heterocycles. The van der Waals surface area contributed by atoms with E-state index in [4.69, 9.17) is 9.47 Å². The van der Waals surface area contributed by atoms with Crippen molar-refractivity contribution in [1.82, 2.24) is 15.5 Å². The van der Waals surface area contributed by atoms with E-state index in [1.54, 1.807) is 0 Å². The maximum atomic E-state index is 12.4. The molecule has 2 N–H and O–H groups in total. The maximum Gasteiger partial charge on any atom is 0.315 e. The van der Waals surface area contributed by atoms with Gasteiger partial charge in [0.05, 0.1) is 6.04 Å². The van der Waals surface area contributed by atoms with Gasteiger partial charge in [-0.3, -0.25) is 4.90 Å². The number of urea groups is 1. The molecule has 6 heteroatoms. The minimum absolute atomic E-state index is 0.139. The summed E-state index contributed by atoms with van der Waals surface area (Å²) in [5.74, 6) is 1.46. The van der Waals surface area contributed by atoms with E-state index in [2.05, 4.69) is 41.5 Å². The highest BCUT2D eigenvalue weighted by Gasteiger charge is 2.17. The molecule has 0 aromatic heterocycles. The summed E-state index contributed by atoms with van der Waals surface area (Å²) in [7, 11) is 0. The second kappa shape index (κ2) is 9.46. The van der Waals surface area contributed by atoms with Crippen molar-refractivity contribution in [2.24, 2.45) is 0 Å². The molecule has 1 aliphatic rings. The van der Waals surface area contributed by atoms with Crippen LogP contribution in [0.4, 0.5) is 4.79 Å². The van der Waals surface area contributed by atoms with Crippen LogP contribution in [-0.4, -0.2) is 30.8 Å². The zero-order valence-corrected chi connectivity index (χ0v) is 16.8. The van der Waals surface area contributed by atoms with Crippen molar-refractivity contribution in [3.63, 3.8) is 0 Å². The van der Waals surface area contributed by atoms with E-state index in [1.165, 1.54) is 5.56 Å². The van der Waals surface area contributed by atoms with Gasteiger partial charge in [0, 0.05) is 13.1 Å². The van der Waals surface area contributed by atoms with Crippen LogP contribution in [0.15, 0.2) is 42.5 Å². The molecular weight excluding hydrogens is 354 g/mol. The van der Waals surface area contributed by atoms with Crippen LogP contribution in [0.5, 0.6) is 11.5 Å². The minimum Gasteiger partial charge on any atom is -0.454 e. The van der Waals surface area contributed by atoms with Gasteiger partial charge in [-0.1, -0.05) is 44.2 Å². The molecule has 3 rings (SSSR count). The standard InChI is InChI=1S/C22H29N3O3/c1-4-25(5-2)14-19-9-7-6-8-18(19)13-23-22(26)24-16(3)17-10-11-20-21(12-17)28-15-27-20/h6-12,16H,4-5,13-15H2,1-3H3,(H2,23,24,26). The summed E-state index contributed by atoms with van der Waals surface area (Å²) in [6, 6.07) is 13.6. The average molecular weight is 383 g/mol. The summed E-state index contributed by atoms with van der Waals surface area (Å²) in [6.07, 6.45) is 0. The van der Waals surface area contributed by atoms with Crippen molar-refractivity contribution in [2.45, 2.75) is 39.9 Å². The molecule has 0 spiro atoms. The Bertz CT molecular complexity index is 805. The predicted octanol–water partition coefficient (Wildman–Crippen LogP) is 3.82. The second-order valence-corrected chi connectivity index (χ2v) is 6.89. The second-order valence-electron chi connectivity index (χ2n) is 6.89. The fraction of sp³-hybridized carbons (Fsp3) is 0.409. The first kappa shape index (κ1) is 20.0. The topological polar surface area (TPSA) is 62.8 Å². The summed E-state index contributed by atoms with van der Waals surface area (Å²) < 4.78 is 10.7. The normalized spacial score (nSPS) is 13.4. The Morgan fingerprint density at radius 3 is 2.54 bits per heavy atom. The summed E-state index contributed by atoms with van der Waals surface area (Å²) in [5, 5.41) is 5.96. The van der Waals surface area contributed by atoms with Crippen LogP contribution in [0.1, 0.15) is 43.5 Å². The fourth-order valence-corrected chi connectivity index (χ4v) is 3.26. The van der Waals surface area contributed by atoms with Crippen molar-refractivity contribution in [1.29, 1.82) is 0 Å². The van der Waals surface area contributed by atoms with Gasteiger partial charge in [0.15, 0.2) is 11.5 Å². The molecule has 1 heterocycles. The van der Waals surface area contributed by atoms with Crippen LogP contribution < -0.4 is 20.1 Å². The highest BCUT2D eigenvalue weighted by Crippen LogP contribution is 2.34. The lowest BCUT2D eigenvalue weighted by molar-refractivity contribution is 0.174. The third-order valence-electron chi connectivity index (χ3n) is 5.09. The first-order chi connectivity index (χ1) is 13.6. The Labute approximate surface area is 166 Å². The van der Waals surface area contributed by atoms with E-state index >= 15 is 0 Å². The molecule has 2 amide bonds. The van der Waals surface area contributed by atoms with Crippen LogP contribution in [0.25, 0.3) is 0 Å². The van der Waals surface area contributed by atoms with Gasteiger partial charge >= 0.3 is 6.03 Å². The Morgan fingerprint density at radius 2 is 1.79 bits per heavy atom. The molecule has 0 bridgehead atoms. The van der Waals surface area contributed by atoms with Crippen molar-refractivity contribution in [3.05, 3.63) is 59.2 Å². The van der Waals surface area contributed by atoms with Crippen LogP contribution in [0.2, 0.25) is 0 Å². The van der Waals surface area contributed by atoms with Crippen LogP contribution >= 0.6 is 0 Å². The number of benzene rings is 2. The number of fused-ring (bicyclic) bond motifs is 1. The van der Waals surface area contributed by atoms with Crippen molar-refractivity contribution in [3.8, 4) is 11.5 Å². The Hall–Kier alpha value is -2.73. The van der Waals surface area contributed by atoms with E-state index in [1.807, 2.05) is 37.3 Å². The number of hydrogen-bond acceptors (Lipinski definition) is 4. The lowest BCUT2D eigenvalue weighted by atomic mass is 10.1. The molecule has 6 nitrogen and oxygen atoms in total. The third-order valence-corrected chi connectivity index (χ3v) is 5.09. The summed E-state index contributed by atoms with van der Waals surface area (Å²) in [4.78, 5) is 14.8. The quantitative estimate of drug-likeness (QED) is 0.727. The Morgan fingerprint density at radius 1 is 1.07 bits per heavy atom.